The third-order valence-corrected chi connectivity index (χ3v) is 5.84. The Morgan fingerprint density at radius 3 is 2.68 bits per heavy atom. The largest absolute Gasteiger partial charge is 0.471 e. The van der Waals surface area contributed by atoms with Crippen LogP contribution in [0.4, 0.5) is 0 Å². The van der Waals surface area contributed by atoms with Gasteiger partial charge < -0.3 is 4.42 Å². The van der Waals surface area contributed by atoms with Crippen LogP contribution in [-0.2, 0) is 4.79 Å². The van der Waals surface area contributed by atoms with Gasteiger partial charge in [0.15, 0.2) is 5.78 Å². The smallest absolute Gasteiger partial charge is 0.159 e. The molecule has 2 aliphatic carbocycles. The second-order valence-electron chi connectivity index (χ2n) is 7.70. The molecular formula is C20H24O2. The van der Waals surface area contributed by atoms with Crippen molar-refractivity contribution in [2.75, 3.05) is 0 Å². The van der Waals surface area contributed by atoms with E-state index in [0.29, 0.717) is 12.3 Å². The van der Waals surface area contributed by atoms with E-state index >= 15 is 0 Å². The van der Waals surface area contributed by atoms with Gasteiger partial charge in [-0.25, -0.2) is 0 Å². The van der Waals surface area contributed by atoms with Crippen LogP contribution in [0.5, 0.6) is 0 Å². The molecule has 22 heavy (non-hydrogen) atoms. The molecule has 3 rings (SSSR count). The number of allylic oxidation sites excluding steroid dienone is 2. The quantitative estimate of drug-likeness (QED) is 0.646. The van der Waals surface area contributed by atoms with Crippen molar-refractivity contribution < 1.29 is 9.21 Å². The van der Waals surface area contributed by atoms with E-state index in [1.807, 2.05) is 13.0 Å². The Labute approximate surface area is 133 Å². The summed E-state index contributed by atoms with van der Waals surface area (Å²) in [5.41, 5.74) is 3.02. The van der Waals surface area contributed by atoms with E-state index in [2.05, 4.69) is 32.6 Å². The summed E-state index contributed by atoms with van der Waals surface area (Å²) < 4.78 is 5.08. The first kappa shape index (κ1) is 15.2. The number of Topliss-reactive ketones (excluding diaryl/α,β-unsaturated/α-hetero) is 1. The van der Waals surface area contributed by atoms with E-state index in [4.69, 9.17) is 4.42 Å². The van der Waals surface area contributed by atoms with Crippen molar-refractivity contribution in [3.8, 4) is 11.8 Å². The highest BCUT2D eigenvalue weighted by atomic mass is 16.3. The van der Waals surface area contributed by atoms with E-state index in [-0.39, 0.29) is 16.6 Å². The number of carbonyl (C=O) groups is 1. The van der Waals surface area contributed by atoms with Crippen molar-refractivity contribution in [1.29, 1.82) is 0 Å². The van der Waals surface area contributed by atoms with Crippen LogP contribution in [0.15, 0.2) is 34.2 Å². The van der Waals surface area contributed by atoms with Crippen LogP contribution in [0.25, 0.3) is 0 Å². The fraction of sp³-hybridized carbons (Fsp3) is 0.550. The summed E-state index contributed by atoms with van der Waals surface area (Å²) in [5.74, 6) is 7.17. The van der Waals surface area contributed by atoms with Gasteiger partial charge in [0.2, 0.25) is 0 Å². The lowest BCUT2D eigenvalue weighted by Gasteiger charge is -2.53. The summed E-state index contributed by atoms with van der Waals surface area (Å²) in [6, 6.07) is 1.86. The highest BCUT2D eigenvalue weighted by molar-refractivity contribution is 5.98. The van der Waals surface area contributed by atoms with Crippen molar-refractivity contribution in [3.05, 3.63) is 35.3 Å². The predicted molar refractivity (Wildman–Crippen MR) is 87.1 cm³/mol. The molecule has 0 saturated heterocycles. The molecule has 1 aromatic rings. The number of fused-ring (bicyclic) bond motifs is 1. The van der Waals surface area contributed by atoms with Crippen molar-refractivity contribution >= 4 is 5.78 Å². The molecule has 0 radical (unpaired) electrons. The van der Waals surface area contributed by atoms with E-state index < -0.39 is 0 Å². The van der Waals surface area contributed by atoms with Gasteiger partial charge >= 0.3 is 0 Å². The molecule has 0 aromatic carbocycles. The van der Waals surface area contributed by atoms with Crippen molar-refractivity contribution in [3.63, 3.8) is 0 Å². The van der Waals surface area contributed by atoms with Gasteiger partial charge in [0.25, 0.3) is 0 Å². The fourth-order valence-electron chi connectivity index (χ4n) is 4.54. The molecule has 0 N–H and O–H groups in total. The first-order valence-electron chi connectivity index (χ1n) is 8.13. The molecule has 1 aromatic heterocycles. The molecule has 1 fully saturated rings. The lowest BCUT2D eigenvalue weighted by Crippen LogP contribution is -2.47. The normalized spacial score (nSPS) is 30.5. The van der Waals surface area contributed by atoms with E-state index in [0.717, 1.165) is 23.1 Å². The van der Waals surface area contributed by atoms with E-state index in [9.17, 15) is 4.79 Å². The van der Waals surface area contributed by atoms with E-state index in [1.165, 1.54) is 12.8 Å². The molecule has 0 aliphatic heterocycles. The molecular weight excluding hydrogens is 272 g/mol. The van der Waals surface area contributed by atoms with Gasteiger partial charge in [0, 0.05) is 23.0 Å². The van der Waals surface area contributed by atoms with Gasteiger partial charge in [0.05, 0.1) is 11.8 Å². The standard InChI is InChI=1S/C20H24O2/c1-14-16(7-6-15-8-11-22-13-15)20(4)10-5-9-19(2,3)18(20)12-17(14)21/h8,11,13,18H,5,9-10,12H2,1-4H3/t18-,20+/m0/s1. The molecule has 116 valence electrons. The molecule has 2 heteroatoms. The van der Waals surface area contributed by atoms with Crippen LogP contribution < -0.4 is 0 Å². The Morgan fingerprint density at radius 2 is 2.00 bits per heavy atom. The maximum absolute atomic E-state index is 12.5. The van der Waals surface area contributed by atoms with Crippen LogP contribution in [0.3, 0.4) is 0 Å². The molecule has 2 aliphatic rings. The minimum Gasteiger partial charge on any atom is -0.471 e. The maximum atomic E-state index is 12.5. The van der Waals surface area contributed by atoms with Crippen LogP contribution in [0.2, 0.25) is 0 Å². The second-order valence-corrected chi connectivity index (χ2v) is 7.70. The lowest BCUT2D eigenvalue weighted by atomic mass is 9.50. The maximum Gasteiger partial charge on any atom is 0.159 e. The molecule has 0 unspecified atom stereocenters. The summed E-state index contributed by atoms with van der Waals surface area (Å²) in [6.45, 7) is 8.88. The fourth-order valence-corrected chi connectivity index (χ4v) is 4.54. The molecule has 2 atom stereocenters. The van der Waals surface area contributed by atoms with Gasteiger partial charge in [-0.1, -0.05) is 39.0 Å². The minimum absolute atomic E-state index is 0.0243. The number of rotatable bonds is 0. The Bertz CT molecular complexity index is 679. The van der Waals surface area contributed by atoms with Gasteiger partial charge in [-0.3, -0.25) is 4.79 Å². The summed E-state index contributed by atoms with van der Waals surface area (Å²) in [5, 5.41) is 0. The summed E-state index contributed by atoms with van der Waals surface area (Å²) >= 11 is 0. The highest BCUT2D eigenvalue weighted by Crippen LogP contribution is 2.58. The average molecular weight is 296 g/mol. The lowest BCUT2D eigenvalue weighted by molar-refractivity contribution is -0.121. The molecule has 0 amide bonds. The first-order chi connectivity index (χ1) is 10.3. The average Bonchev–Trinajstić information content (AvgIpc) is 2.94. The number of carbonyl (C=O) groups excluding carboxylic acids is 1. The Balaban J connectivity index is 2.08. The zero-order valence-corrected chi connectivity index (χ0v) is 14.0. The van der Waals surface area contributed by atoms with Crippen LogP contribution in [0, 0.1) is 28.6 Å². The monoisotopic (exact) mass is 296 g/mol. The Hall–Kier alpha value is -1.75. The van der Waals surface area contributed by atoms with Crippen LogP contribution >= 0.6 is 0 Å². The van der Waals surface area contributed by atoms with Crippen LogP contribution in [0.1, 0.15) is 58.9 Å². The number of ketones is 1. The molecule has 0 spiro atoms. The Kier molecular flexibility index (Phi) is 3.56. The van der Waals surface area contributed by atoms with Crippen LogP contribution in [-0.4, -0.2) is 5.78 Å². The van der Waals surface area contributed by atoms with E-state index in [1.54, 1.807) is 12.5 Å². The molecule has 0 bridgehead atoms. The molecule has 1 saturated carbocycles. The first-order valence-corrected chi connectivity index (χ1v) is 8.13. The van der Waals surface area contributed by atoms with Gasteiger partial charge in [-0.15, -0.1) is 0 Å². The number of hydrogen-bond donors (Lipinski definition) is 0. The van der Waals surface area contributed by atoms with Crippen molar-refractivity contribution in [2.45, 2.75) is 53.4 Å². The van der Waals surface area contributed by atoms with Crippen molar-refractivity contribution in [1.82, 2.24) is 0 Å². The highest BCUT2D eigenvalue weighted by Gasteiger charge is 2.51. The van der Waals surface area contributed by atoms with Gasteiger partial charge in [-0.05, 0) is 37.2 Å². The van der Waals surface area contributed by atoms with Gasteiger partial charge in [0.1, 0.15) is 6.26 Å². The number of hydrogen-bond acceptors (Lipinski definition) is 2. The minimum atomic E-state index is 0.0243. The SMILES string of the molecule is CC1=C(C#Cc2ccoc2)[C@@]2(C)CCCC(C)(C)[C@@H]2CC1=O. The summed E-state index contributed by atoms with van der Waals surface area (Å²) in [7, 11) is 0. The zero-order valence-electron chi connectivity index (χ0n) is 14.0. The Morgan fingerprint density at radius 1 is 1.23 bits per heavy atom. The predicted octanol–water partition coefficient (Wildman–Crippen LogP) is 4.75. The van der Waals surface area contributed by atoms with Gasteiger partial charge in [-0.2, -0.15) is 0 Å². The third-order valence-electron chi connectivity index (χ3n) is 5.84. The van der Waals surface area contributed by atoms with Crippen molar-refractivity contribution in [2.24, 2.45) is 16.7 Å². The summed E-state index contributed by atoms with van der Waals surface area (Å²) in [4.78, 5) is 12.5. The second kappa shape index (κ2) is 5.16. The zero-order chi connectivity index (χ0) is 16.0. The summed E-state index contributed by atoms with van der Waals surface area (Å²) in [6.07, 6.45) is 7.48. The molecule has 2 nitrogen and oxygen atoms in total. The number of furan rings is 1. The molecule has 1 heterocycles. The topological polar surface area (TPSA) is 30.2 Å². The third kappa shape index (κ3) is 2.33.